The molecule has 2 aromatic heterocycles. The third-order valence-electron chi connectivity index (χ3n) is 4.23. The first kappa shape index (κ1) is 14.9. The first-order chi connectivity index (χ1) is 11.6. The maximum atomic E-state index is 12.5. The number of aromatic nitrogens is 3. The molecule has 2 heterocycles. The van der Waals surface area contributed by atoms with Gasteiger partial charge in [-0.15, -0.1) is 11.3 Å². The van der Waals surface area contributed by atoms with Gasteiger partial charge in [0, 0.05) is 35.1 Å². The highest BCUT2D eigenvalue weighted by Gasteiger charge is 2.45. The molecule has 122 valence electrons. The lowest BCUT2D eigenvalue weighted by Gasteiger charge is -2.15. The molecule has 7 heteroatoms. The number of thiazole rings is 1. The second-order valence-electron chi connectivity index (χ2n) is 6.16. The van der Waals surface area contributed by atoms with Crippen LogP contribution < -0.4 is 10.6 Å². The largest absolute Gasteiger partial charge is 0.331 e. The van der Waals surface area contributed by atoms with Crippen molar-refractivity contribution in [3.8, 4) is 5.69 Å². The van der Waals surface area contributed by atoms with E-state index in [0.717, 1.165) is 35.0 Å². The smallest absolute Gasteiger partial charge is 0.230 e. The van der Waals surface area contributed by atoms with E-state index >= 15 is 0 Å². The summed E-state index contributed by atoms with van der Waals surface area (Å²) in [6.07, 6.45) is 7.20. The van der Waals surface area contributed by atoms with Crippen molar-refractivity contribution in [1.29, 1.82) is 0 Å². The number of benzene rings is 1. The fraction of sp³-hybridized carbons (Fsp3) is 0.235. The van der Waals surface area contributed by atoms with Crippen molar-refractivity contribution >= 4 is 33.8 Å². The molecule has 24 heavy (non-hydrogen) atoms. The summed E-state index contributed by atoms with van der Waals surface area (Å²) in [7, 11) is 0. The fourth-order valence-corrected chi connectivity index (χ4v) is 2.97. The maximum absolute atomic E-state index is 12.5. The van der Waals surface area contributed by atoms with E-state index in [1.165, 1.54) is 11.3 Å². The number of rotatable bonds is 5. The zero-order chi connectivity index (χ0) is 16.6. The molecule has 1 fully saturated rings. The Balaban J connectivity index is 1.67. The molecule has 0 aliphatic heterocycles. The Hall–Kier alpha value is -2.67. The zero-order valence-corrected chi connectivity index (χ0v) is 14.0. The highest BCUT2D eigenvalue weighted by atomic mass is 32.1. The molecule has 1 amide bonds. The van der Waals surface area contributed by atoms with E-state index in [9.17, 15) is 4.79 Å². The van der Waals surface area contributed by atoms with Crippen molar-refractivity contribution in [1.82, 2.24) is 14.8 Å². The summed E-state index contributed by atoms with van der Waals surface area (Å²) in [5, 5.41) is 13.3. The van der Waals surface area contributed by atoms with Crippen LogP contribution in [0.2, 0.25) is 0 Å². The number of nitrogens with one attached hydrogen (secondary N) is 2. The lowest BCUT2D eigenvalue weighted by molar-refractivity contribution is -0.120. The van der Waals surface area contributed by atoms with Gasteiger partial charge in [0.1, 0.15) is 0 Å². The van der Waals surface area contributed by atoms with Crippen LogP contribution in [0.15, 0.2) is 48.2 Å². The van der Waals surface area contributed by atoms with Crippen molar-refractivity contribution in [3.05, 3.63) is 48.2 Å². The summed E-state index contributed by atoms with van der Waals surface area (Å²) < 4.78 is 1.75. The lowest BCUT2D eigenvalue weighted by Crippen LogP contribution is -2.22. The van der Waals surface area contributed by atoms with Crippen molar-refractivity contribution in [2.24, 2.45) is 5.41 Å². The summed E-state index contributed by atoms with van der Waals surface area (Å²) in [6.45, 7) is 1.99. The van der Waals surface area contributed by atoms with E-state index in [4.69, 9.17) is 0 Å². The standard InChI is InChI=1S/C17H17N5OS/c1-17(5-6-17)15(23)21-13-11-12(20-16-18-8-10-24-16)3-4-14(13)22-9-2-7-19-22/h2-4,7-11H,5-6H2,1H3,(H,18,20)(H,21,23). The van der Waals surface area contributed by atoms with Crippen LogP contribution in [0.5, 0.6) is 0 Å². The van der Waals surface area contributed by atoms with Crippen LogP contribution in [0.3, 0.4) is 0 Å². The Bertz CT molecular complexity index is 853. The molecule has 0 bridgehead atoms. The van der Waals surface area contributed by atoms with Crippen LogP contribution in [-0.2, 0) is 4.79 Å². The van der Waals surface area contributed by atoms with Crippen LogP contribution in [0.1, 0.15) is 19.8 Å². The minimum Gasteiger partial charge on any atom is -0.331 e. The van der Waals surface area contributed by atoms with Gasteiger partial charge < -0.3 is 10.6 Å². The SMILES string of the molecule is CC1(C(=O)Nc2cc(Nc3nccs3)ccc2-n2cccn2)CC1. The molecule has 0 radical (unpaired) electrons. The highest BCUT2D eigenvalue weighted by molar-refractivity contribution is 7.13. The molecule has 1 aliphatic rings. The quantitative estimate of drug-likeness (QED) is 0.741. The molecular formula is C17H17N5OS. The fourth-order valence-electron chi connectivity index (χ4n) is 2.42. The van der Waals surface area contributed by atoms with Crippen molar-refractivity contribution < 1.29 is 4.79 Å². The van der Waals surface area contributed by atoms with Gasteiger partial charge in [-0.25, -0.2) is 9.67 Å². The molecule has 2 N–H and O–H groups in total. The lowest BCUT2D eigenvalue weighted by atomic mass is 10.1. The molecule has 1 saturated carbocycles. The summed E-state index contributed by atoms with van der Waals surface area (Å²) in [5.74, 6) is 0.0577. The van der Waals surface area contributed by atoms with E-state index in [0.29, 0.717) is 0 Å². The summed E-state index contributed by atoms with van der Waals surface area (Å²) in [4.78, 5) is 16.7. The van der Waals surface area contributed by atoms with Gasteiger partial charge in [-0.05, 0) is 37.1 Å². The molecular weight excluding hydrogens is 322 g/mol. The second kappa shape index (κ2) is 5.76. The van der Waals surface area contributed by atoms with Gasteiger partial charge in [-0.3, -0.25) is 4.79 Å². The van der Waals surface area contributed by atoms with Gasteiger partial charge in [0.15, 0.2) is 5.13 Å². The third kappa shape index (κ3) is 2.90. The molecule has 4 rings (SSSR count). The van der Waals surface area contributed by atoms with E-state index in [1.807, 2.05) is 42.8 Å². The Morgan fingerprint density at radius 2 is 2.21 bits per heavy atom. The average molecular weight is 339 g/mol. The predicted molar refractivity (Wildman–Crippen MR) is 94.9 cm³/mol. The number of anilines is 3. The number of carbonyl (C=O) groups excluding carboxylic acids is 1. The van der Waals surface area contributed by atoms with Crippen LogP contribution in [0.25, 0.3) is 5.69 Å². The number of carbonyl (C=O) groups is 1. The van der Waals surface area contributed by atoms with Crippen LogP contribution in [0, 0.1) is 5.41 Å². The van der Waals surface area contributed by atoms with Gasteiger partial charge >= 0.3 is 0 Å². The average Bonchev–Trinajstić information content (AvgIpc) is 3.00. The first-order valence-corrected chi connectivity index (χ1v) is 8.64. The van der Waals surface area contributed by atoms with E-state index in [-0.39, 0.29) is 11.3 Å². The van der Waals surface area contributed by atoms with Gasteiger partial charge in [-0.2, -0.15) is 5.10 Å². The number of hydrogen-bond acceptors (Lipinski definition) is 5. The molecule has 1 aliphatic carbocycles. The maximum Gasteiger partial charge on any atom is 0.230 e. The molecule has 3 aromatic rings. The number of amides is 1. The van der Waals surface area contributed by atoms with Crippen molar-refractivity contribution in [2.75, 3.05) is 10.6 Å². The Kier molecular flexibility index (Phi) is 3.57. The number of hydrogen-bond donors (Lipinski definition) is 2. The summed E-state index contributed by atoms with van der Waals surface area (Å²) >= 11 is 1.53. The normalized spacial score (nSPS) is 15.0. The molecule has 0 unspecified atom stereocenters. The minimum atomic E-state index is -0.236. The van der Waals surface area contributed by atoms with Gasteiger partial charge in [0.05, 0.1) is 11.4 Å². The minimum absolute atomic E-state index is 0.0577. The topological polar surface area (TPSA) is 71.8 Å². The Labute approximate surface area is 143 Å². The van der Waals surface area contributed by atoms with E-state index < -0.39 is 0 Å². The number of nitrogens with zero attached hydrogens (tertiary/aromatic N) is 3. The monoisotopic (exact) mass is 339 g/mol. The van der Waals surface area contributed by atoms with Gasteiger partial charge in [-0.1, -0.05) is 6.92 Å². The zero-order valence-electron chi connectivity index (χ0n) is 13.2. The Morgan fingerprint density at radius 1 is 1.33 bits per heavy atom. The van der Waals surface area contributed by atoms with Crippen molar-refractivity contribution in [3.63, 3.8) is 0 Å². The van der Waals surface area contributed by atoms with Crippen LogP contribution in [-0.4, -0.2) is 20.7 Å². The van der Waals surface area contributed by atoms with Crippen LogP contribution in [0.4, 0.5) is 16.5 Å². The molecule has 0 spiro atoms. The second-order valence-corrected chi connectivity index (χ2v) is 7.05. The van der Waals surface area contributed by atoms with Crippen molar-refractivity contribution in [2.45, 2.75) is 19.8 Å². The molecule has 0 saturated heterocycles. The van der Waals surface area contributed by atoms with Gasteiger partial charge in [0.2, 0.25) is 5.91 Å². The molecule has 6 nitrogen and oxygen atoms in total. The molecule has 0 atom stereocenters. The summed E-state index contributed by atoms with van der Waals surface area (Å²) in [5.41, 5.74) is 2.21. The van der Waals surface area contributed by atoms with E-state index in [1.54, 1.807) is 17.1 Å². The highest BCUT2D eigenvalue weighted by Crippen LogP contribution is 2.46. The first-order valence-electron chi connectivity index (χ1n) is 7.76. The summed E-state index contributed by atoms with van der Waals surface area (Å²) in [6, 6.07) is 7.66. The van der Waals surface area contributed by atoms with Crippen LogP contribution >= 0.6 is 11.3 Å². The van der Waals surface area contributed by atoms with E-state index in [2.05, 4.69) is 20.7 Å². The predicted octanol–water partition coefficient (Wildman–Crippen LogP) is 3.81. The molecule has 1 aromatic carbocycles. The Morgan fingerprint density at radius 3 is 2.88 bits per heavy atom. The third-order valence-corrected chi connectivity index (χ3v) is 4.92. The van der Waals surface area contributed by atoms with Gasteiger partial charge in [0.25, 0.3) is 0 Å².